The molecule has 2 aliphatic rings. The molecule has 2 aliphatic heterocycles. The number of amides is 1. The first-order chi connectivity index (χ1) is 13.4. The van der Waals surface area contributed by atoms with Crippen LogP contribution in [-0.2, 0) is 4.74 Å². The van der Waals surface area contributed by atoms with E-state index in [0.717, 1.165) is 55.3 Å². The Hall–Kier alpha value is -2.31. The molecule has 4 rings (SSSR count). The summed E-state index contributed by atoms with van der Waals surface area (Å²) >= 11 is 0. The summed E-state index contributed by atoms with van der Waals surface area (Å²) in [4.78, 5) is 14.9. The van der Waals surface area contributed by atoms with Gasteiger partial charge < -0.3 is 24.5 Å². The van der Waals surface area contributed by atoms with Crippen LogP contribution in [0.25, 0.3) is 0 Å². The van der Waals surface area contributed by atoms with Gasteiger partial charge in [0.1, 0.15) is 5.76 Å². The van der Waals surface area contributed by atoms with Gasteiger partial charge in [0.05, 0.1) is 17.0 Å². The van der Waals surface area contributed by atoms with Crippen molar-refractivity contribution in [2.75, 3.05) is 36.5 Å². The lowest BCUT2D eigenvalue weighted by atomic mass is 9.98. The topological polar surface area (TPSA) is 74.9 Å². The molecule has 0 spiro atoms. The summed E-state index contributed by atoms with van der Waals surface area (Å²) in [6.45, 7) is 6.62. The maximum absolute atomic E-state index is 12.8. The molecule has 1 amide bonds. The average molecular weight is 384 g/mol. The maximum Gasteiger partial charge on any atom is 0.291 e. The molecule has 3 heterocycles. The van der Waals surface area contributed by atoms with Gasteiger partial charge in [0, 0.05) is 32.2 Å². The second-order valence-electron chi connectivity index (χ2n) is 8.23. The van der Waals surface area contributed by atoms with E-state index in [9.17, 15) is 9.90 Å². The molecule has 6 heteroatoms. The third-order valence-electron chi connectivity index (χ3n) is 5.67. The van der Waals surface area contributed by atoms with Gasteiger partial charge in [-0.3, -0.25) is 4.79 Å². The fourth-order valence-corrected chi connectivity index (χ4v) is 4.04. The van der Waals surface area contributed by atoms with E-state index in [-0.39, 0.29) is 5.91 Å². The van der Waals surface area contributed by atoms with Crippen molar-refractivity contribution in [3.05, 3.63) is 47.4 Å². The van der Waals surface area contributed by atoms with Crippen molar-refractivity contribution >= 4 is 17.3 Å². The number of hydrogen-bond acceptors (Lipinski definition) is 5. The van der Waals surface area contributed by atoms with Crippen LogP contribution in [0, 0.1) is 6.92 Å². The van der Waals surface area contributed by atoms with Crippen molar-refractivity contribution < 1.29 is 19.1 Å². The van der Waals surface area contributed by atoms with Crippen molar-refractivity contribution in [2.24, 2.45) is 0 Å². The van der Waals surface area contributed by atoms with Crippen LogP contribution in [0.3, 0.4) is 0 Å². The Morgan fingerprint density at radius 1 is 1.25 bits per heavy atom. The molecule has 0 bridgehead atoms. The predicted octanol–water partition coefficient (Wildman–Crippen LogP) is 3.70. The number of nitrogens with zero attached hydrogens (tertiary/aromatic N) is 1. The highest BCUT2D eigenvalue weighted by Gasteiger charge is 2.32. The van der Waals surface area contributed by atoms with Crippen LogP contribution >= 0.6 is 0 Å². The van der Waals surface area contributed by atoms with E-state index in [1.54, 1.807) is 6.07 Å². The standard InChI is InChI=1S/C22H28N2O4/c1-15-3-4-18(24-10-9-22(2,26)14-24)17(13-15)23-21(25)20-6-5-19(28-20)16-7-11-27-12-8-16/h3-6,13,16,26H,7-12,14H2,1-2H3,(H,23,25)/t22-/m0/s1. The molecule has 1 atom stereocenters. The van der Waals surface area contributed by atoms with Gasteiger partial charge in [-0.25, -0.2) is 0 Å². The van der Waals surface area contributed by atoms with Crippen LogP contribution in [0.15, 0.2) is 34.7 Å². The first kappa shape index (κ1) is 19.0. The number of rotatable bonds is 4. The number of anilines is 2. The number of aryl methyl sites for hydroxylation is 1. The van der Waals surface area contributed by atoms with Crippen molar-refractivity contribution in [1.29, 1.82) is 0 Å². The second-order valence-corrected chi connectivity index (χ2v) is 8.23. The van der Waals surface area contributed by atoms with Crippen LogP contribution in [0.5, 0.6) is 0 Å². The third-order valence-corrected chi connectivity index (χ3v) is 5.67. The van der Waals surface area contributed by atoms with Gasteiger partial charge in [0.25, 0.3) is 5.91 Å². The zero-order chi connectivity index (χ0) is 19.7. The van der Waals surface area contributed by atoms with Gasteiger partial charge >= 0.3 is 0 Å². The lowest BCUT2D eigenvalue weighted by Crippen LogP contribution is -2.30. The molecule has 0 unspecified atom stereocenters. The van der Waals surface area contributed by atoms with Crippen LogP contribution in [-0.4, -0.2) is 42.9 Å². The van der Waals surface area contributed by atoms with Gasteiger partial charge in [0.2, 0.25) is 0 Å². The number of carbonyl (C=O) groups is 1. The number of furan rings is 1. The van der Waals surface area contributed by atoms with Gasteiger partial charge in [-0.15, -0.1) is 0 Å². The van der Waals surface area contributed by atoms with Crippen molar-refractivity contribution in [3.63, 3.8) is 0 Å². The molecule has 0 aliphatic carbocycles. The molecule has 2 aromatic rings. The summed E-state index contributed by atoms with van der Waals surface area (Å²) in [6, 6.07) is 9.63. The smallest absolute Gasteiger partial charge is 0.291 e. The molecule has 6 nitrogen and oxygen atoms in total. The van der Waals surface area contributed by atoms with Crippen LogP contribution < -0.4 is 10.2 Å². The Bertz CT molecular complexity index is 852. The highest BCUT2D eigenvalue weighted by molar-refractivity contribution is 6.04. The molecule has 1 aromatic carbocycles. The SMILES string of the molecule is Cc1ccc(N2CC[C@](C)(O)C2)c(NC(=O)c2ccc(C3CCOCC3)o2)c1. The second kappa shape index (κ2) is 7.60. The van der Waals surface area contributed by atoms with Gasteiger partial charge in [-0.2, -0.15) is 0 Å². The summed E-state index contributed by atoms with van der Waals surface area (Å²) in [5, 5.41) is 13.3. The average Bonchev–Trinajstić information content (AvgIpc) is 3.29. The van der Waals surface area contributed by atoms with Crippen LogP contribution in [0.1, 0.15) is 54.0 Å². The molecular weight excluding hydrogens is 356 g/mol. The van der Waals surface area contributed by atoms with Gasteiger partial charge in [0.15, 0.2) is 5.76 Å². The summed E-state index contributed by atoms with van der Waals surface area (Å²) in [5.74, 6) is 1.24. The number of carbonyl (C=O) groups excluding carboxylic acids is 1. The third kappa shape index (κ3) is 4.08. The minimum absolute atomic E-state index is 0.254. The largest absolute Gasteiger partial charge is 0.456 e. The molecule has 28 heavy (non-hydrogen) atoms. The fourth-order valence-electron chi connectivity index (χ4n) is 4.04. The number of β-amino-alcohol motifs (C(OH)–C–C–N with tert-alkyl or cyclic N) is 1. The zero-order valence-corrected chi connectivity index (χ0v) is 16.5. The number of nitrogens with one attached hydrogen (secondary N) is 1. The van der Waals surface area contributed by atoms with Gasteiger partial charge in [-0.1, -0.05) is 6.07 Å². The van der Waals surface area contributed by atoms with E-state index in [0.29, 0.717) is 24.6 Å². The molecular formula is C22H28N2O4. The highest BCUT2D eigenvalue weighted by Crippen LogP contribution is 2.34. The molecule has 150 valence electrons. The van der Waals surface area contributed by atoms with E-state index in [1.165, 1.54) is 0 Å². The summed E-state index contributed by atoms with van der Waals surface area (Å²) in [5.41, 5.74) is 2.03. The van der Waals surface area contributed by atoms with Gasteiger partial charge in [-0.05, 0) is 62.9 Å². The zero-order valence-electron chi connectivity index (χ0n) is 16.5. The quantitative estimate of drug-likeness (QED) is 0.841. The number of aliphatic hydroxyl groups is 1. The monoisotopic (exact) mass is 384 g/mol. The van der Waals surface area contributed by atoms with Crippen molar-refractivity contribution in [2.45, 2.75) is 44.6 Å². The lowest BCUT2D eigenvalue weighted by Gasteiger charge is -2.24. The van der Waals surface area contributed by atoms with Crippen LogP contribution in [0.2, 0.25) is 0 Å². The normalized spacial score (nSPS) is 23.2. The summed E-state index contributed by atoms with van der Waals surface area (Å²) in [6.07, 6.45) is 2.55. The number of ether oxygens (including phenoxy) is 1. The highest BCUT2D eigenvalue weighted by atomic mass is 16.5. The Morgan fingerprint density at radius 2 is 2.04 bits per heavy atom. The Kier molecular flexibility index (Phi) is 5.17. The minimum Gasteiger partial charge on any atom is -0.456 e. The molecule has 0 radical (unpaired) electrons. The maximum atomic E-state index is 12.8. The number of benzene rings is 1. The first-order valence-electron chi connectivity index (χ1n) is 9.98. The van der Waals surface area contributed by atoms with Crippen molar-refractivity contribution in [3.8, 4) is 0 Å². The summed E-state index contributed by atoms with van der Waals surface area (Å²) < 4.78 is 11.3. The molecule has 2 saturated heterocycles. The van der Waals surface area contributed by atoms with E-state index in [4.69, 9.17) is 9.15 Å². The van der Waals surface area contributed by atoms with E-state index >= 15 is 0 Å². The minimum atomic E-state index is -0.703. The van der Waals surface area contributed by atoms with E-state index < -0.39 is 5.60 Å². The van der Waals surface area contributed by atoms with Crippen LogP contribution in [0.4, 0.5) is 11.4 Å². The number of hydrogen-bond donors (Lipinski definition) is 2. The fraction of sp³-hybridized carbons (Fsp3) is 0.500. The molecule has 0 saturated carbocycles. The lowest BCUT2D eigenvalue weighted by molar-refractivity contribution is 0.0799. The molecule has 2 fully saturated rings. The van der Waals surface area contributed by atoms with E-state index in [2.05, 4.69) is 10.2 Å². The Labute approximate surface area is 165 Å². The molecule has 1 aromatic heterocycles. The Balaban J connectivity index is 1.51. The van der Waals surface area contributed by atoms with E-state index in [1.807, 2.05) is 38.1 Å². The Morgan fingerprint density at radius 3 is 2.75 bits per heavy atom. The van der Waals surface area contributed by atoms with Crippen molar-refractivity contribution in [1.82, 2.24) is 0 Å². The first-order valence-corrected chi connectivity index (χ1v) is 9.98. The summed E-state index contributed by atoms with van der Waals surface area (Å²) in [7, 11) is 0. The predicted molar refractivity (Wildman–Crippen MR) is 108 cm³/mol. The molecule has 2 N–H and O–H groups in total.